The van der Waals surface area contributed by atoms with E-state index in [2.05, 4.69) is 0 Å². The van der Waals surface area contributed by atoms with Crippen LogP contribution in [0.4, 0.5) is 4.39 Å². The lowest BCUT2D eigenvalue weighted by molar-refractivity contribution is -0.142. The number of hydrogen-bond donors (Lipinski definition) is 0. The third-order valence-electron chi connectivity index (χ3n) is 5.86. The van der Waals surface area contributed by atoms with Crippen LogP contribution in [0.25, 0.3) is 0 Å². The Labute approximate surface area is 176 Å². The smallest absolute Gasteiger partial charge is 0.310 e. The number of carbonyl (C=O) groups is 1. The predicted octanol–water partition coefficient (Wildman–Crippen LogP) is 5.01. The van der Waals surface area contributed by atoms with Crippen molar-refractivity contribution in [2.75, 3.05) is 20.0 Å². The van der Waals surface area contributed by atoms with E-state index >= 15 is 0 Å². The van der Waals surface area contributed by atoms with Crippen LogP contribution in [0.3, 0.4) is 0 Å². The Balaban J connectivity index is 1.46. The molecule has 0 aromatic heterocycles. The van der Waals surface area contributed by atoms with Gasteiger partial charge in [-0.15, -0.1) is 0 Å². The van der Waals surface area contributed by atoms with Crippen LogP contribution < -0.4 is 14.2 Å². The lowest BCUT2D eigenvalue weighted by atomic mass is 9.75. The number of esters is 1. The van der Waals surface area contributed by atoms with Gasteiger partial charge in [-0.05, 0) is 60.9 Å². The molecule has 0 saturated heterocycles. The van der Waals surface area contributed by atoms with Crippen LogP contribution in [0.5, 0.6) is 17.2 Å². The summed E-state index contributed by atoms with van der Waals surface area (Å²) in [7, 11) is 0. The van der Waals surface area contributed by atoms with Crippen LogP contribution in [0.2, 0.25) is 0 Å². The molecule has 2 aromatic rings. The van der Waals surface area contributed by atoms with Gasteiger partial charge in [-0.2, -0.15) is 0 Å². The number of halogens is 1. The first-order valence-corrected chi connectivity index (χ1v) is 10.6. The van der Waals surface area contributed by atoms with Crippen LogP contribution in [0, 0.1) is 11.7 Å². The van der Waals surface area contributed by atoms with Gasteiger partial charge in [-0.25, -0.2) is 4.39 Å². The highest BCUT2D eigenvalue weighted by atomic mass is 19.1. The molecule has 1 unspecified atom stereocenters. The summed E-state index contributed by atoms with van der Waals surface area (Å²) in [6, 6.07) is 10.7. The van der Waals surface area contributed by atoms with E-state index < -0.39 is 5.97 Å². The van der Waals surface area contributed by atoms with Gasteiger partial charge < -0.3 is 18.9 Å². The molecular formula is C24H27FO5. The van der Waals surface area contributed by atoms with Crippen molar-refractivity contribution in [2.24, 2.45) is 5.92 Å². The summed E-state index contributed by atoms with van der Waals surface area (Å²) in [5, 5.41) is 0. The van der Waals surface area contributed by atoms with Gasteiger partial charge in [0.05, 0.1) is 19.6 Å². The number of carbonyl (C=O) groups excluding carboxylic acids is 1. The molecule has 0 radical (unpaired) electrons. The summed E-state index contributed by atoms with van der Waals surface area (Å²) >= 11 is 0. The molecule has 2 atom stereocenters. The minimum Gasteiger partial charge on any atom is -0.493 e. The number of hydrogen-bond acceptors (Lipinski definition) is 5. The lowest BCUT2D eigenvalue weighted by Crippen LogP contribution is -2.24. The zero-order valence-electron chi connectivity index (χ0n) is 17.2. The number of ether oxygens (including phenoxy) is 4. The molecule has 1 fully saturated rings. The first kappa shape index (κ1) is 20.5. The highest BCUT2D eigenvalue weighted by Crippen LogP contribution is 2.40. The van der Waals surface area contributed by atoms with Crippen LogP contribution in [-0.2, 0) is 16.0 Å². The summed E-state index contributed by atoms with van der Waals surface area (Å²) in [5.74, 6) is 2.02. The molecule has 2 aliphatic rings. The molecule has 30 heavy (non-hydrogen) atoms. The number of benzene rings is 2. The maximum absolute atomic E-state index is 14.3. The van der Waals surface area contributed by atoms with E-state index in [0.717, 1.165) is 42.7 Å². The van der Waals surface area contributed by atoms with Crippen LogP contribution in [0.15, 0.2) is 36.4 Å². The van der Waals surface area contributed by atoms with E-state index in [1.54, 1.807) is 6.92 Å². The summed E-state index contributed by atoms with van der Waals surface area (Å²) in [4.78, 5) is 11.8. The predicted molar refractivity (Wildman–Crippen MR) is 109 cm³/mol. The highest BCUT2D eigenvalue weighted by Gasteiger charge is 2.28. The number of fused-ring (bicyclic) bond motifs is 1. The van der Waals surface area contributed by atoms with Gasteiger partial charge in [0.2, 0.25) is 6.79 Å². The first-order valence-electron chi connectivity index (χ1n) is 10.6. The van der Waals surface area contributed by atoms with Crippen molar-refractivity contribution >= 4 is 5.97 Å². The fraction of sp³-hybridized carbons (Fsp3) is 0.458. The van der Waals surface area contributed by atoms with E-state index in [1.807, 2.05) is 30.3 Å². The van der Waals surface area contributed by atoms with E-state index in [1.165, 1.54) is 6.07 Å². The maximum Gasteiger partial charge on any atom is 0.310 e. The second-order valence-electron chi connectivity index (χ2n) is 7.81. The van der Waals surface area contributed by atoms with Gasteiger partial charge in [-0.3, -0.25) is 4.79 Å². The van der Waals surface area contributed by atoms with Gasteiger partial charge in [0, 0.05) is 6.07 Å². The Bertz CT molecular complexity index is 897. The summed E-state index contributed by atoms with van der Waals surface area (Å²) in [5.41, 5.74) is 1.46. The quantitative estimate of drug-likeness (QED) is 0.596. The molecule has 2 aromatic carbocycles. The first-order chi connectivity index (χ1) is 14.6. The minimum atomic E-state index is -0.403. The summed E-state index contributed by atoms with van der Waals surface area (Å²) < 4.78 is 36.1. The zero-order chi connectivity index (χ0) is 20.9. The normalized spacial score (nSPS) is 20.1. The van der Waals surface area contributed by atoms with Gasteiger partial charge in [0.25, 0.3) is 0 Å². The topological polar surface area (TPSA) is 54.0 Å². The molecule has 1 saturated carbocycles. The molecule has 6 heteroatoms. The van der Waals surface area contributed by atoms with Crippen molar-refractivity contribution in [2.45, 2.75) is 44.9 Å². The van der Waals surface area contributed by atoms with E-state index in [4.69, 9.17) is 18.9 Å². The third kappa shape index (κ3) is 4.69. The molecule has 1 aliphatic heterocycles. The second kappa shape index (κ2) is 9.37. The standard InChI is InChI=1S/C24H27FO5/c1-2-27-24(26)12-18-11-16(7-9-21(18)25)20-6-4-3-5-17(20)14-28-19-8-10-22-23(13-19)30-15-29-22/h7-11,13,17,20H,2-6,12,14-15H2,1H3/t17?,20-/m0/s1. The molecule has 160 valence electrons. The lowest BCUT2D eigenvalue weighted by Gasteiger charge is -2.32. The van der Waals surface area contributed by atoms with Crippen LogP contribution in [-0.4, -0.2) is 26.0 Å². The molecule has 1 aliphatic carbocycles. The van der Waals surface area contributed by atoms with Crippen LogP contribution >= 0.6 is 0 Å². The maximum atomic E-state index is 14.3. The summed E-state index contributed by atoms with van der Waals surface area (Å²) in [6.45, 7) is 2.86. The second-order valence-corrected chi connectivity index (χ2v) is 7.81. The molecule has 0 N–H and O–H groups in total. The summed E-state index contributed by atoms with van der Waals surface area (Å²) in [6.07, 6.45) is 4.33. The van der Waals surface area contributed by atoms with Crippen molar-refractivity contribution < 1.29 is 28.1 Å². The van der Waals surface area contributed by atoms with Gasteiger partial charge in [-0.1, -0.05) is 25.0 Å². The van der Waals surface area contributed by atoms with E-state index in [9.17, 15) is 9.18 Å². The Morgan fingerprint density at radius 3 is 2.80 bits per heavy atom. The minimum absolute atomic E-state index is 0.0431. The fourth-order valence-corrected chi connectivity index (χ4v) is 4.34. The van der Waals surface area contributed by atoms with Gasteiger partial charge >= 0.3 is 5.97 Å². The van der Waals surface area contributed by atoms with E-state index in [-0.39, 0.29) is 24.9 Å². The van der Waals surface area contributed by atoms with Crippen molar-refractivity contribution in [1.82, 2.24) is 0 Å². The van der Waals surface area contributed by atoms with Crippen molar-refractivity contribution in [1.29, 1.82) is 0 Å². The molecule has 5 nitrogen and oxygen atoms in total. The Morgan fingerprint density at radius 1 is 1.10 bits per heavy atom. The molecule has 4 rings (SSSR count). The Morgan fingerprint density at radius 2 is 1.93 bits per heavy atom. The largest absolute Gasteiger partial charge is 0.493 e. The average Bonchev–Trinajstić information content (AvgIpc) is 3.22. The molecule has 0 spiro atoms. The average molecular weight is 414 g/mol. The van der Waals surface area contributed by atoms with Crippen molar-refractivity contribution in [3.63, 3.8) is 0 Å². The highest BCUT2D eigenvalue weighted by molar-refractivity contribution is 5.72. The van der Waals surface area contributed by atoms with Crippen molar-refractivity contribution in [3.05, 3.63) is 53.3 Å². The Hall–Kier alpha value is -2.76. The zero-order valence-corrected chi connectivity index (χ0v) is 17.2. The SMILES string of the molecule is CCOC(=O)Cc1cc([C@@H]2CCCCC2COc2ccc3c(c2)OCO3)ccc1F. The molecule has 1 heterocycles. The van der Waals surface area contributed by atoms with E-state index in [0.29, 0.717) is 30.4 Å². The molecular weight excluding hydrogens is 387 g/mol. The molecule has 0 amide bonds. The van der Waals surface area contributed by atoms with Gasteiger partial charge in [0.15, 0.2) is 11.5 Å². The number of rotatable bonds is 7. The monoisotopic (exact) mass is 414 g/mol. The fourth-order valence-electron chi connectivity index (χ4n) is 4.34. The van der Waals surface area contributed by atoms with Gasteiger partial charge in [0.1, 0.15) is 11.6 Å². The Kier molecular flexibility index (Phi) is 6.41. The molecule has 0 bridgehead atoms. The third-order valence-corrected chi connectivity index (χ3v) is 5.86. The van der Waals surface area contributed by atoms with Crippen molar-refractivity contribution in [3.8, 4) is 17.2 Å². The van der Waals surface area contributed by atoms with Crippen LogP contribution in [0.1, 0.15) is 49.7 Å².